The minimum atomic E-state index is -0.597. The lowest BCUT2D eigenvalue weighted by Gasteiger charge is -2.08. The number of rotatable bonds is 5. The summed E-state index contributed by atoms with van der Waals surface area (Å²) in [5.41, 5.74) is 5.42. The highest BCUT2D eigenvalue weighted by molar-refractivity contribution is 6.00. The molecule has 1 amide bonds. The third kappa shape index (κ3) is 3.44. The summed E-state index contributed by atoms with van der Waals surface area (Å²) in [7, 11) is 0. The molecule has 0 aliphatic carbocycles. The van der Waals surface area contributed by atoms with Gasteiger partial charge < -0.3 is 11.1 Å². The molecule has 6 nitrogen and oxygen atoms in total. The van der Waals surface area contributed by atoms with Crippen molar-refractivity contribution in [3.63, 3.8) is 0 Å². The number of para-hydroxylation sites is 1. The van der Waals surface area contributed by atoms with Crippen LogP contribution in [0.4, 0.5) is 11.4 Å². The normalized spacial score (nSPS) is 10.4. The van der Waals surface area contributed by atoms with Crippen molar-refractivity contribution in [1.82, 2.24) is 5.32 Å². The van der Waals surface area contributed by atoms with E-state index in [4.69, 9.17) is 5.73 Å². The zero-order valence-electron chi connectivity index (χ0n) is 10.5. The molecule has 0 spiro atoms. The van der Waals surface area contributed by atoms with E-state index in [0.717, 1.165) is 6.42 Å². The lowest BCUT2D eigenvalue weighted by molar-refractivity contribution is -0.383. The topological polar surface area (TPSA) is 98.3 Å². The number of carbonyl (C=O) groups is 1. The second kappa shape index (κ2) is 6.00. The van der Waals surface area contributed by atoms with Crippen LogP contribution in [0.15, 0.2) is 18.2 Å². The first-order valence-electron chi connectivity index (χ1n) is 5.74. The predicted molar refractivity (Wildman–Crippen MR) is 69.3 cm³/mol. The number of hydrogen-bond donors (Lipinski definition) is 2. The van der Waals surface area contributed by atoms with Gasteiger partial charge in [0.2, 0.25) is 0 Å². The van der Waals surface area contributed by atoms with Gasteiger partial charge in [0.1, 0.15) is 5.69 Å². The van der Waals surface area contributed by atoms with Gasteiger partial charge in [0.25, 0.3) is 11.6 Å². The van der Waals surface area contributed by atoms with Crippen LogP contribution in [0.1, 0.15) is 30.6 Å². The van der Waals surface area contributed by atoms with Gasteiger partial charge in [-0.3, -0.25) is 14.9 Å². The number of amides is 1. The van der Waals surface area contributed by atoms with Gasteiger partial charge in [-0.25, -0.2) is 0 Å². The average Bonchev–Trinajstić information content (AvgIpc) is 2.28. The van der Waals surface area contributed by atoms with Crippen molar-refractivity contribution in [2.24, 2.45) is 5.92 Å². The third-order valence-electron chi connectivity index (χ3n) is 2.53. The van der Waals surface area contributed by atoms with Gasteiger partial charge in [-0.05, 0) is 18.4 Å². The fourth-order valence-electron chi connectivity index (χ4n) is 1.48. The first-order chi connectivity index (χ1) is 8.43. The number of carbonyl (C=O) groups excluding carboxylic acids is 1. The molecular weight excluding hydrogens is 234 g/mol. The molecule has 0 radical (unpaired) electrons. The second-order valence-corrected chi connectivity index (χ2v) is 4.43. The van der Waals surface area contributed by atoms with E-state index < -0.39 is 4.92 Å². The first-order valence-corrected chi connectivity index (χ1v) is 5.74. The number of benzene rings is 1. The Bertz CT molecular complexity index is 458. The first kappa shape index (κ1) is 14.0. The minimum absolute atomic E-state index is 0.0930. The summed E-state index contributed by atoms with van der Waals surface area (Å²) in [6.45, 7) is 4.63. The number of nitrogen functional groups attached to an aromatic ring is 1. The minimum Gasteiger partial charge on any atom is -0.393 e. The fourth-order valence-corrected chi connectivity index (χ4v) is 1.48. The summed E-state index contributed by atoms with van der Waals surface area (Å²) < 4.78 is 0. The summed E-state index contributed by atoms with van der Waals surface area (Å²) in [6.07, 6.45) is 0.848. The number of nitrogens with one attached hydrogen (secondary N) is 1. The number of nitro benzene ring substituents is 1. The maximum Gasteiger partial charge on any atom is 0.292 e. The van der Waals surface area contributed by atoms with Crippen molar-refractivity contribution >= 4 is 17.3 Å². The monoisotopic (exact) mass is 251 g/mol. The Labute approximate surface area is 105 Å². The molecule has 0 bridgehead atoms. The van der Waals surface area contributed by atoms with Crippen LogP contribution in [0, 0.1) is 16.0 Å². The molecular formula is C12H17N3O3. The number of nitrogens with zero attached hydrogens (tertiary/aromatic N) is 1. The molecule has 0 atom stereocenters. The van der Waals surface area contributed by atoms with Crippen LogP contribution in [-0.2, 0) is 0 Å². The van der Waals surface area contributed by atoms with E-state index in [1.165, 1.54) is 18.2 Å². The zero-order chi connectivity index (χ0) is 13.7. The molecule has 0 aliphatic heterocycles. The Hall–Kier alpha value is -2.11. The Balaban J connectivity index is 2.80. The van der Waals surface area contributed by atoms with Crippen LogP contribution in [0.5, 0.6) is 0 Å². The molecule has 0 heterocycles. The standard InChI is InChI=1S/C12H17N3O3/c1-8(2)6-7-14-12(16)9-4-3-5-10(11(9)13)15(17)18/h3-5,8H,6-7,13H2,1-2H3,(H,14,16). The summed E-state index contributed by atoms with van der Waals surface area (Å²) in [5.74, 6) is 0.101. The van der Waals surface area contributed by atoms with Crippen LogP contribution in [0.3, 0.4) is 0 Å². The Morgan fingerprint density at radius 1 is 1.50 bits per heavy atom. The maximum absolute atomic E-state index is 11.8. The van der Waals surface area contributed by atoms with Gasteiger partial charge in [0.15, 0.2) is 0 Å². The molecule has 3 N–H and O–H groups in total. The van der Waals surface area contributed by atoms with Gasteiger partial charge in [-0.15, -0.1) is 0 Å². The number of nitro groups is 1. The van der Waals surface area contributed by atoms with Crippen LogP contribution >= 0.6 is 0 Å². The second-order valence-electron chi connectivity index (χ2n) is 4.43. The molecule has 6 heteroatoms. The quantitative estimate of drug-likeness (QED) is 0.474. The number of nitrogens with two attached hydrogens (primary N) is 1. The van der Waals surface area contributed by atoms with Gasteiger partial charge in [0, 0.05) is 12.6 Å². The van der Waals surface area contributed by atoms with Gasteiger partial charge in [-0.2, -0.15) is 0 Å². The maximum atomic E-state index is 11.8. The summed E-state index contributed by atoms with van der Waals surface area (Å²) in [5, 5.41) is 13.4. The molecule has 18 heavy (non-hydrogen) atoms. The number of anilines is 1. The van der Waals surface area contributed by atoms with E-state index in [9.17, 15) is 14.9 Å². The molecule has 0 saturated heterocycles. The van der Waals surface area contributed by atoms with Crippen LogP contribution in [-0.4, -0.2) is 17.4 Å². The molecule has 0 fully saturated rings. The lowest BCUT2D eigenvalue weighted by Crippen LogP contribution is -2.26. The fraction of sp³-hybridized carbons (Fsp3) is 0.417. The SMILES string of the molecule is CC(C)CCNC(=O)c1cccc([N+](=O)[O-])c1N. The van der Waals surface area contributed by atoms with Gasteiger partial charge in [0.05, 0.1) is 10.5 Å². The smallest absolute Gasteiger partial charge is 0.292 e. The molecule has 0 unspecified atom stereocenters. The van der Waals surface area contributed by atoms with E-state index >= 15 is 0 Å². The van der Waals surface area contributed by atoms with Gasteiger partial charge in [-0.1, -0.05) is 19.9 Å². The van der Waals surface area contributed by atoms with E-state index in [0.29, 0.717) is 12.5 Å². The Kier molecular flexibility index (Phi) is 4.65. The Morgan fingerprint density at radius 3 is 2.72 bits per heavy atom. The van der Waals surface area contributed by atoms with Crippen molar-refractivity contribution < 1.29 is 9.72 Å². The van der Waals surface area contributed by atoms with Crippen LogP contribution in [0.2, 0.25) is 0 Å². The van der Waals surface area contributed by atoms with Crippen molar-refractivity contribution in [1.29, 1.82) is 0 Å². The van der Waals surface area contributed by atoms with Crippen molar-refractivity contribution in [2.45, 2.75) is 20.3 Å². The van der Waals surface area contributed by atoms with E-state index in [2.05, 4.69) is 5.32 Å². The van der Waals surface area contributed by atoms with E-state index in [1.54, 1.807) is 0 Å². The lowest BCUT2D eigenvalue weighted by atomic mass is 10.1. The number of hydrogen-bond acceptors (Lipinski definition) is 4. The zero-order valence-corrected chi connectivity index (χ0v) is 10.5. The summed E-state index contributed by atoms with van der Waals surface area (Å²) >= 11 is 0. The molecule has 0 saturated carbocycles. The van der Waals surface area contributed by atoms with E-state index in [-0.39, 0.29) is 22.8 Å². The summed E-state index contributed by atoms with van der Waals surface area (Å²) in [6, 6.07) is 4.21. The van der Waals surface area contributed by atoms with Crippen molar-refractivity contribution in [2.75, 3.05) is 12.3 Å². The van der Waals surface area contributed by atoms with Crippen LogP contribution in [0.25, 0.3) is 0 Å². The molecule has 1 aromatic carbocycles. The molecule has 1 rings (SSSR count). The van der Waals surface area contributed by atoms with Crippen molar-refractivity contribution in [3.8, 4) is 0 Å². The average molecular weight is 251 g/mol. The van der Waals surface area contributed by atoms with E-state index in [1.807, 2.05) is 13.8 Å². The van der Waals surface area contributed by atoms with Crippen LogP contribution < -0.4 is 11.1 Å². The summed E-state index contributed by atoms with van der Waals surface area (Å²) in [4.78, 5) is 21.9. The van der Waals surface area contributed by atoms with Gasteiger partial charge >= 0.3 is 0 Å². The molecule has 0 aliphatic rings. The molecule has 0 aromatic heterocycles. The largest absolute Gasteiger partial charge is 0.393 e. The predicted octanol–water partition coefficient (Wildman–Crippen LogP) is 1.95. The molecule has 1 aromatic rings. The third-order valence-corrected chi connectivity index (χ3v) is 2.53. The highest BCUT2D eigenvalue weighted by atomic mass is 16.6. The van der Waals surface area contributed by atoms with Crippen molar-refractivity contribution in [3.05, 3.63) is 33.9 Å². The highest BCUT2D eigenvalue weighted by Gasteiger charge is 2.18. The Morgan fingerprint density at radius 2 is 2.17 bits per heavy atom. The highest BCUT2D eigenvalue weighted by Crippen LogP contribution is 2.24. The molecule has 98 valence electrons.